The maximum absolute atomic E-state index is 12.2. The number of ketones is 1. The van der Waals surface area contributed by atoms with Gasteiger partial charge in [-0.05, 0) is 49.0 Å². The van der Waals surface area contributed by atoms with E-state index < -0.39 is 0 Å². The van der Waals surface area contributed by atoms with Gasteiger partial charge in [-0.3, -0.25) is 9.59 Å². The lowest BCUT2D eigenvalue weighted by atomic mass is 9.89. The van der Waals surface area contributed by atoms with Crippen molar-refractivity contribution in [3.05, 3.63) is 83.1 Å². The van der Waals surface area contributed by atoms with E-state index in [2.05, 4.69) is 16.9 Å². The molecule has 0 aromatic heterocycles. The fraction of sp³-hybridized carbons (Fsp3) is 0.280. The Balaban J connectivity index is 0.000000370. The number of carbonyl (C=O) groups excluding carboxylic acids is 2. The van der Waals surface area contributed by atoms with Gasteiger partial charge in [0.1, 0.15) is 0 Å². The van der Waals surface area contributed by atoms with Crippen molar-refractivity contribution >= 4 is 23.4 Å². The summed E-state index contributed by atoms with van der Waals surface area (Å²) >= 11 is 0. The second-order valence-corrected chi connectivity index (χ2v) is 6.68. The van der Waals surface area contributed by atoms with Gasteiger partial charge in [-0.1, -0.05) is 67.6 Å². The first kappa shape index (κ1) is 22.2. The van der Waals surface area contributed by atoms with Gasteiger partial charge < -0.3 is 10.5 Å². The average Bonchev–Trinajstić information content (AvgIpc) is 2.75. The van der Waals surface area contributed by atoms with Crippen LogP contribution in [0.2, 0.25) is 0 Å². The van der Waals surface area contributed by atoms with E-state index in [1.165, 1.54) is 5.56 Å². The van der Waals surface area contributed by atoms with Gasteiger partial charge in [0.15, 0.2) is 5.78 Å². The zero-order chi connectivity index (χ0) is 21.1. The van der Waals surface area contributed by atoms with Gasteiger partial charge in [-0.2, -0.15) is 0 Å². The molecule has 0 amide bonds. The summed E-state index contributed by atoms with van der Waals surface area (Å²) in [7, 11) is 0. The van der Waals surface area contributed by atoms with Gasteiger partial charge in [-0.15, -0.1) is 0 Å². The average molecular weight is 392 g/mol. The lowest BCUT2D eigenvalue weighted by Crippen LogP contribution is -2.12. The van der Waals surface area contributed by atoms with Gasteiger partial charge in [-0.25, -0.2) is 0 Å². The van der Waals surface area contributed by atoms with Gasteiger partial charge in [0.25, 0.3) is 0 Å². The molecule has 0 saturated carbocycles. The summed E-state index contributed by atoms with van der Waals surface area (Å²) in [5, 5.41) is 0. The minimum atomic E-state index is -0.123. The van der Waals surface area contributed by atoms with Crippen LogP contribution in [-0.4, -0.2) is 18.4 Å². The molecule has 0 atom stereocenters. The van der Waals surface area contributed by atoms with Crippen LogP contribution in [0.4, 0.5) is 0 Å². The van der Waals surface area contributed by atoms with Crippen LogP contribution in [0.25, 0.3) is 11.6 Å². The lowest BCUT2D eigenvalue weighted by molar-refractivity contribution is -0.142. The van der Waals surface area contributed by atoms with E-state index in [1.807, 2.05) is 48.5 Å². The van der Waals surface area contributed by atoms with Gasteiger partial charge >= 0.3 is 5.97 Å². The van der Waals surface area contributed by atoms with E-state index in [4.69, 9.17) is 5.73 Å². The SMILES string of the molecule is CCOC(=O)CC.NC(CCCc1ccccc1)=C1C(=O)C=Cc2ccccc21. The predicted molar refractivity (Wildman–Crippen MR) is 118 cm³/mol. The molecule has 0 saturated heterocycles. The number of ether oxygens (including phenoxy) is 1. The minimum absolute atomic E-state index is 0.0101. The van der Waals surface area contributed by atoms with Gasteiger partial charge in [0, 0.05) is 17.7 Å². The van der Waals surface area contributed by atoms with Crippen molar-refractivity contribution < 1.29 is 14.3 Å². The smallest absolute Gasteiger partial charge is 0.305 e. The number of rotatable bonds is 6. The number of benzene rings is 2. The molecule has 4 heteroatoms. The Bertz CT molecular complexity index is 882. The summed E-state index contributed by atoms with van der Waals surface area (Å²) in [6, 6.07) is 18.2. The standard InChI is InChI=1S/C20H19NO.C5H10O2/c21-18(12-6-9-15-7-2-1-3-8-15)20-17-11-5-4-10-16(17)13-14-19(20)22;1-3-5(6)7-4-2/h1-5,7-8,10-11,13-14H,6,9,12,21H2;3-4H2,1-2H3. The highest BCUT2D eigenvalue weighted by molar-refractivity contribution is 6.30. The van der Waals surface area contributed by atoms with Crippen molar-refractivity contribution in [2.75, 3.05) is 6.61 Å². The van der Waals surface area contributed by atoms with E-state index in [1.54, 1.807) is 19.9 Å². The van der Waals surface area contributed by atoms with E-state index in [9.17, 15) is 9.59 Å². The molecule has 2 aromatic carbocycles. The molecule has 0 spiro atoms. The Morgan fingerprint density at radius 3 is 2.31 bits per heavy atom. The van der Waals surface area contributed by atoms with Crippen LogP contribution in [0.3, 0.4) is 0 Å². The molecule has 1 aliphatic rings. The van der Waals surface area contributed by atoms with E-state index >= 15 is 0 Å². The molecule has 0 bridgehead atoms. The molecule has 4 nitrogen and oxygen atoms in total. The Hall–Kier alpha value is -3.14. The number of fused-ring (bicyclic) bond motifs is 1. The Labute approximate surface area is 173 Å². The molecular weight excluding hydrogens is 362 g/mol. The van der Waals surface area contributed by atoms with Crippen molar-refractivity contribution in [2.24, 2.45) is 5.73 Å². The molecule has 2 N–H and O–H groups in total. The first-order valence-corrected chi connectivity index (χ1v) is 10.1. The quantitative estimate of drug-likeness (QED) is 0.560. The van der Waals surface area contributed by atoms with E-state index in [0.29, 0.717) is 24.3 Å². The zero-order valence-corrected chi connectivity index (χ0v) is 17.2. The zero-order valence-electron chi connectivity index (χ0n) is 17.2. The fourth-order valence-electron chi connectivity index (χ4n) is 3.10. The molecule has 0 unspecified atom stereocenters. The summed E-state index contributed by atoms with van der Waals surface area (Å²) in [5.41, 5.74) is 10.9. The van der Waals surface area contributed by atoms with Gasteiger partial charge in [0.05, 0.1) is 6.61 Å². The molecule has 0 aliphatic heterocycles. The highest BCUT2D eigenvalue weighted by Crippen LogP contribution is 2.29. The third-order valence-electron chi connectivity index (χ3n) is 4.56. The number of carbonyl (C=O) groups is 2. The van der Waals surface area contributed by atoms with Crippen molar-refractivity contribution in [2.45, 2.75) is 39.5 Å². The molecular formula is C25H29NO3. The molecule has 2 aromatic rings. The van der Waals surface area contributed by atoms with E-state index in [-0.39, 0.29) is 11.8 Å². The van der Waals surface area contributed by atoms with Crippen LogP contribution < -0.4 is 5.73 Å². The number of hydrogen-bond acceptors (Lipinski definition) is 4. The van der Waals surface area contributed by atoms with Gasteiger partial charge in [0.2, 0.25) is 0 Å². The van der Waals surface area contributed by atoms with Crippen LogP contribution in [0, 0.1) is 0 Å². The number of hydrogen-bond donors (Lipinski definition) is 1. The summed E-state index contributed by atoms with van der Waals surface area (Å²) in [4.78, 5) is 22.4. The van der Waals surface area contributed by atoms with Crippen LogP contribution in [0.5, 0.6) is 0 Å². The van der Waals surface area contributed by atoms with Crippen molar-refractivity contribution in [1.29, 1.82) is 0 Å². The molecule has 1 aliphatic carbocycles. The Kier molecular flexibility index (Phi) is 8.90. The number of nitrogens with two attached hydrogens (primary N) is 1. The molecule has 0 radical (unpaired) electrons. The fourth-order valence-corrected chi connectivity index (χ4v) is 3.10. The number of aryl methyl sites for hydroxylation is 1. The minimum Gasteiger partial charge on any atom is -0.466 e. The van der Waals surface area contributed by atoms with Crippen LogP contribution in [0.15, 0.2) is 66.4 Å². The first-order valence-electron chi connectivity index (χ1n) is 10.1. The van der Waals surface area contributed by atoms with Crippen LogP contribution >= 0.6 is 0 Å². The predicted octanol–water partition coefficient (Wildman–Crippen LogP) is 4.93. The monoisotopic (exact) mass is 391 g/mol. The second-order valence-electron chi connectivity index (χ2n) is 6.68. The molecule has 0 heterocycles. The van der Waals surface area contributed by atoms with E-state index in [0.717, 1.165) is 30.4 Å². The molecule has 0 fully saturated rings. The second kappa shape index (κ2) is 11.6. The van der Waals surface area contributed by atoms with Crippen molar-refractivity contribution in [1.82, 2.24) is 0 Å². The highest BCUT2D eigenvalue weighted by atomic mass is 16.5. The summed E-state index contributed by atoms with van der Waals surface area (Å²) in [6.45, 7) is 4.07. The molecule has 3 rings (SSSR count). The first-order chi connectivity index (χ1) is 14.1. The third-order valence-corrected chi connectivity index (χ3v) is 4.56. The normalized spacial score (nSPS) is 13.8. The largest absolute Gasteiger partial charge is 0.466 e. The van der Waals surface area contributed by atoms with Crippen molar-refractivity contribution in [3.8, 4) is 0 Å². The third kappa shape index (κ3) is 6.75. The lowest BCUT2D eigenvalue weighted by Gasteiger charge is -2.16. The van der Waals surface area contributed by atoms with Crippen molar-refractivity contribution in [3.63, 3.8) is 0 Å². The maximum atomic E-state index is 12.2. The maximum Gasteiger partial charge on any atom is 0.305 e. The van der Waals surface area contributed by atoms with Crippen LogP contribution in [-0.2, 0) is 20.7 Å². The highest BCUT2D eigenvalue weighted by Gasteiger charge is 2.19. The summed E-state index contributed by atoms with van der Waals surface area (Å²) < 4.78 is 4.55. The summed E-state index contributed by atoms with van der Waals surface area (Å²) in [5.74, 6) is -0.113. The topological polar surface area (TPSA) is 69.4 Å². The Morgan fingerprint density at radius 1 is 0.966 bits per heavy atom. The molecule has 152 valence electrons. The molecule has 29 heavy (non-hydrogen) atoms. The Morgan fingerprint density at radius 2 is 1.66 bits per heavy atom. The number of allylic oxidation sites excluding steroid dienone is 3. The number of esters is 1. The summed E-state index contributed by atoms with van der Waals surface area (Å²) in [6.07, 6.45) is 6.60. The van der Waals surface area contributed by atoms with Crippen LogP contribution in [0.1, 0.15) is 49.8 Å².